The Morgan fingerprint density at radius 2 is 1.81 bits per heavy atom. The van der Waals surface area contributed by atoms with Gasteiger partial charge in [0.15, 0.2) is 11.4 Å². The van der Waals surface area contributed by atoms with Gasteiger partial charge in [-0.1, -0.05) is 27.2 Å². The number of rotatable bonds is 6. The summed E-state index contributed by atoms with van der Waals surface area (Å²) in [6, 6.07) is 7.15. The lowest BCUT2D eigenvalue weighted by Crippen LogP contribution is -2.60. The normalized spacial score (nSPS) is 31.6. The fourth-order valence-corrected chi connectivity index (χ4v) is 6.42. The number of halogens is 4. The Hall–Kier alpha value is -2.47. The summed E-state index contributed by atoms with van der Waals surface area (Å²) in [7, 11) is 0. The zero-order valence-corrected chi connectivity index (χ0v) is 20.9. The van der Waals surface area contributed by atoms with Crippen LogP contribution in [-0.2, 0) is 10.2 Å². The number of nitrogens with zero attached hydrogens (tertiary/aromatic N) is 3. The molecule has 0 saturated heterocycles. The number of aromatic nitrogens is 2. The molecule has 36 heavy (non-hydrogen) atoms. The largest absolute Gasteiger partial charge is 0.417 e. The van der Waals surface area contributed by atoms with Gasteiger partial charge in [-0.2, -0.15) is 18.2 Å². The number of hydrogen-bond acceptors (Lipinski definition) is 6. The highest BCUT2D eigenvalue weighted by Crippen LogP contribution is 2.58. The first kappa shape index (κ1) is 25.2. The Kier molecular flexibility index (Phi) is 5.98. The molecular formula is C24H26BrF3N4O4. The third kappa shape index (κ3) is 4.21. The second kappa shape index (κ2) is 8.54. The number of alkyl halides is 3. The molecule has 0 atom stereocenters. The van der Waals surface area contributed by atoms with E-state index in [4.69, 9.17) is 10.3 Å². The van der Waals surface area contributed by atoms with Gasteiger partial charge in [-0.15, -0.1) is 0 Å². The van der Waals surface area contributed by atoms with E-state index >= 15 is 0 Å². The Labute approximate surface area is 213 Å². The summed E-state index contributed by atoms with van der Waals surface area (Å²) >= 11 is 3.42. The maximum atomic E-state index is 13.5. The van der Waals surface area contributed by atoms with Gasteiger partial charge in [0, 0.05) is 28.0 Å². The highest BCUT2D eigenvalue weighted by Gasteiger charge is 2.63. The van der Waals surface area contributed by atoms with Crippen molar-refractivity contribution in [1.82, 2.24) is 10.1 Å². The summed E-state index contributed by atoms with van der Waals surface area (Å²) in [5, 5.41) is 13.9. The fraction of sp³-hybridized carbons (Fsp3) is 0.583. The number of amides is 2. The van der Waals surface area contributed by atoms with Crippen molar-refractivity contribution in [3.63, 3.8) is 0 Å². The van der Waals surface area contributed by atoms with Crippen LogP contribution in [-0.4, -0.2) is 45.4 Å². The van der Waals surface area contributed by atoms with E-state index in [0.717, 1.165) is 43.0 Å². The standard InChI is InChI=1S/C24H26BrF3N4O4/c25-15-2-1-3-16(10-15)32(19(34)14-11-23(35,12-14)24(26,27)28)13-21-4-7-22(8-5-21,9-6-21)20-30-18(17(29)33)36-31-20/h1-3,10,14,35H,4-9,11-13H2,(H2,29,33). The van der Waals surface area contributed by atoms with Crippen LogP contribution in [0.5, 0.6) is 0 Å². The minimum absolute atomic E-state index is 0.208. The van der Waals surface area contributed by atoms with Gasteiger partial charge in [-0.05, 0) is 75.0 Å². The van der Waals surface area contributed by atoms with E-state index in [1.807, 2.05) is 6.07 Å². The van der Waals surface area contributed by atoms with E-state index in [-0.39, 0.29) is 16.7 Å². The van der Waals surface area contributed by atoms with E-state index in [1.54, 1.807) is 23.1 Å². The number of carbonyl (C=O) groups is 2. The fourth-order valence-electron chi connectivity index (χ4n) is 6.03. The van der Waals surface area contributed by atoms with Gasteiger partial charge in [0.25, 0.3) is 0 Å². The maximum Gasteiger partial charge on any atom is 0.417 e. The van der Waals surface area contributed by atoms with Crippen LogP contribution >= 0.6 is 15.9 Å². The van der Waals surface area contributed by atoms with Gasteiger partial charge in [0.2, 0.25) is 5.91 Å². The van der Waals surface area contributed by atoms with E-state index in [1.165, 1.54) is 0 Å². The van der Waals surface area contributed by atoms with Crippen LogP contribution in [0.25, 0.3) is 0 Å². The number of carbonyl (C=O) groups excluding carboxylic acids is 2. The van der Waals surface area contributed by atoms with Gasteiger partial charge >= 0.3 is 18.0 Å². The Morgan fingerprint density at radius 1 is 1.17 bits per heavy atom. The molecule has 8 nitrogen and oxygen atoms in total. The lowest BCUT2D eigenvalue weighted by atomic mass is 9.53. The van der Waals surface area contributed by atoms with E-state index in [9.17, 15) is 27.9 Å². The molecule has 4 aliphatic rings. The summed E-state index contributed by atoms with van der Waals surface area (Å²) in [4.78, 5) is 30.7. The molecule has 4 aliphatic carbocycles. The predicted molar refractivity (Wildman–Crippen MR) is 125 cm³/mol. The number of hydrogen-bond donors (Lipinski definition) is 2. The predicted octanol–water partition coefficient (Wildman–Crippen LogP) is 4.26. The minimum Gasteiger partial charge on any atom is -0.380 e. The summed E-state index contributed by atoms with van der Waals surface area (Å²) in [5.74, 6) is -1.81. The SMILES string of the molecule is NC(=O)c1nc(C23CCC(CN(C(=O)C4CC(O)(C(F)(F)F)C4)c4cccc(Br)c4)(CC2)CC3)no1. The van der Waals surface area contributed by atoms with E-state index in [0.29, 0.717) is 18.1 Å². The summed E-state index contributed by atoms with van der Waals surface area (Å²) < 4.78 is 45.3. The molecule has 3 N–H and O–H groups in total. The van der Waals surface area contributed by atoms with Crippen LogP contribution in [0.3, 0.4) is 0 Å². The molecule has 1 aromatic heterocycles. The third-order valence-corrected chi connectivity index (χ3v) is 8.93. The second-order valence-corrected chi connectivity index (χ2v) is 11.5. The molecule has 0 radical (unpaired) electrons. The van der Waals surface area contributed by atoms with E-state index in [2.05, 4.69) is 26.1 Å². The molecule has 2 bridgehead atoms. The molecule has 12 heteroatoms. The lowest BCUT2D eigenvalue weighted by Gasteiger charge is -2.54. The van der Waals surface area contributed by atoms with Crippen molar-refractivity contribution in [3.8, 4) is 0 Å². The average molecular weight is 571 g/mol. The molecule has 1 aromatic carbocycles. The van der Waals surface area contributed by atoms with Gasteiger partial charge in [-0.25, -0.2) is 0 Å². The van der Waals surface area contributed by atoms with Crippen molar-refractivity contribution < 1.29 is 32.4 Å². The highest BCUT2D eigenvalue weighted by atomic mass is 79.9. The molecule has 0 spiro atoms. The van der Waals surface area contributed by atoms with Crippen LogP contribution in [0.2, 0.25) is 0 Å². The van der Waals surface area contributed by atoms with Gasteiger partial charge in [-0.3, -0.25) is 9.59 Å². The first-order chi connectivity index (χ1) is 16.9. The summed E-state index contributed by atoms with van der Waals surface area (Å²) in [6.07, 6.45) is -1.50. The molecule has 4 saturated carbocycles. The van der Waals surface area contributed by atoms with E-state index < -0.39 is 42.4 Å². The number of nitrogens with two attached hydrogens (primary N) is 1. The van der Waals surface area contributed by atoms with Crippen molar-refractivity contribution in [1.29, 1.82) is 0 Å². The topological polar surface area (TPSA) is 123 Å². The van der Waals surface area contributed by atoms with Crippen molar-refractivity contribution in [2.75, 3.05) is 11.4 Å². The molecule has 4 fully saturated rings. The van der Waals surface area contributed by atoms with Crippen LogP contribution in [0.4, 0.5) is 18.9 Å². The van der Waals surface area contributed by atoms with Gasteiger partial charge < -0.3 is 20.3 Å². The summed E-state index contributed by atoms with van der Waals surface area (Å²) in [6.45, 7) is 0.373. The zero-order chi connectivity index (χ0) is 25.9. The third-order valence-electron chi connectivity index (χ3n) is 8.44. The second-order valence-electron chi connectivity index (χ2n) is 10.6. The number of anilines is 1. The number of benzene rings is 1. The van der Waals surface area contributed by atoms with Crippen molar-refractivity contribution in [2.24, 2.45) is 17.1 Å². The Balaban J connectivity index is 1.35. The minimum atomic E-state index is -4.76. The van der Waals surface area contributed by atoms with Gasteiger partial charge in [0.05, 0.1) is 0 Å². The lowest BCUT2D eigenvalue weighted by molar-refractivity contribution is -0.295. The number of aliphatic hydroxyl groups is 1. The Morgan fingerprint density at radius 3 is 2.33 bits per heavy atom. The zero-order valence-electron chi connectivity index (χ0n) is 19.4. The highest BCUT2D eigenvalue weighted by molar-refractivity contribution is 9.10. The smallest absolute Gasteiger partial charge is 0.380 e. The first-order valence-electron chi connectivity index (χ1n) is 11.9. The molecule has 0 aliphatic heterocycles. The quantitative estimate of drug-likeness (QED) is 0.535. The first-order valence-corrected chi connectivity index (χ1v) is 12.6. The number of fused-ring (bicyclic) bond motifs is 3. The van der Waals surface area contributed by atoms with Crippen LogP contribution in [0.15, 0.2) is 33.3 Å². The Bertz CT molecular complexity index is 1170. The van der Waals surface area contributed by atoms with Crippen LogP contribution < -0.4 is 10.6 Å². The monoisotopic (exact) mass is 570 g/mol. The van der Waals surface area contributed by atoms with Crippen LogP contribution in [0.1, 0.15) is 67.9 Å². The average Bonchev–Trinajstić information content (AvgIpc) is 3.32. The van der Waals surface area contributed by atoms with Gasteiger partial charge in [0.1, 0.15) is 0 Å². The van der Waals surface area contributed by atoms with Crippen molar-refractivity contribution >= 4 is 33.4 Å². The van der Waals surface area contributed by atoms with Crippen LogP contribution in [0, 0.1) is 11.3 Å². The summed E-state index contributed by atoms with van der Waals surface area (Å²) in [5.41, 5.74) is 2.52. The molecule has 2 aromatic rings. The molecule has 194 valence electrons. The molecule has 6 rings (SSSR count). The molecule has 2 amide bonds. The van der Waals surface area contributed by atoms with Crippen molar-refractivity contribution in [2.45, 2.75) is 68.6 Å². The molecule has 0 unspecified atom stereocenters. The van der Waals surface area contributed by atoms with Crippen molar-refractivity contribution in [3.05, 3.63) is 40.5 Å². The molecular weight excluding hydrogens is 545 g/mol. The molecule has 1 heterocycles. The maximum absolute atomic E-state index is 13.5. The number of primary amides is 1.